The van der Waals surface area contributed by atoms with Gasteiger partial charge in [0, 0.05) is 5.75 Å². The second kappa shape index (κ2) is 3.96. The van der Waals surface area contributed by atoms with Crippen LogP contribution in [0, 0.1) is 0 Å². The lowest BCUT2D eigenvalue weighted by molar-refractivity contribution is 0.415. The molecule has 2 rings (SSSR count). The first-order valence-corrected chi connectivity index (χ1v) is 8.99. The average Bonchev–Trinajstić information content (AvgIpc) is 2.67. The van der Waals surface area contributed by atoms with Gasteiger partial charge in [0.15, 0.2) is 0 Å². The van der Waals surface area contributed by atoms with Gasteiger partial charge in [-0.3, -0.25) is 0 Å². The van der Waals surface area contributed by atoms with Crippen LogP contribution in [0.2, 0.25) is 6.55 Å². The van der Waals surface area contributed by atoms with Crippen LogP contribution in [-0.2, 0) is 0 Å². The molecule has 0 bridgehead atoms. The normalized spacial score (nSPS) is 26.4. The summed E-state index contributed by atoms with van der Waals surface area (Å²) in [6.45, 7) is 3.52. The third-order valence-electron chi connectivity index (χ3n) is 2.60. The van der Waals surface area contributed by atoms with Gasteiger partial charge in [-0.05, 0) is 30.4 Å². The minimum Gasteiger partial charge on any atom is -0.497 e. The van der Waals surface area contributed by atoms with E-state index in [-0.39, 0.29) is 0 Å². The molecule has 0 aliphatic carbocycles. The molecule has 14 heavy (non-hydrogen) atoms. The molecule has 1 aliphatic heterocycles. The maximum absolute atomic E-state index is 5.15. The lowest BCUT2D eigenvalue weighted by Crippen LogP contribution is -2.51. The van der Waals surface area contributed by atoms with E-state index in [1.807, 2.05) is 12.1 Å². The van der Waals surface area contributed by atoms with Gasteiger partial charge in [-0.25, -0.2) is 0 Å². The van der Waals surface area contributed by atoms with Gasteiger partial charge >= 0.3 is 0 Å². The van der Waals surface area contributed by atoms with Crippen molar-refractivity contribution in [2.24, 2.45) is 0 Å². The summed E-state index contributed by atoms with van der Waals surface area (Å²) >= 11 is 2.10. The van der Waals surface area contributed by atoms with Crippen LogP contribution < -0.4 is 14.9 Å². The summed E-state index contributed by atoms with van der Waals surface area (Å²) in [5, 5.41) is 1.46. The Labute approximate surface area is 89.8 Å². The number of hydrogen-bond donors (Lipinski definition) is 1. The standard InChI is InChI=1S/C10H15NOSSi/c1-12-9-3-5-10(6-4-9)14(2)11-7-8-13-14/h3-6,11H,7-8H2,1-2H3. The Hall–Kier alpha value is -0.453. The van der Waals surface area contributed by atoms with Gasteiger partial charge in [0.2, 0.25) is 7.38 Å². The Balaban J connectivity index is 2.23. The molecule has 1 heterocycles. The smallest absolute Gasteiger partial charge is 0.217 e. The number of hydrogen-bond acceptors (Lipinski definition) is 3. The SMILES string of the molecule is COc1ccc([Si]2(C)NCCS2)cc1. The zero-order chi connectivity index (χ0) is 10.0. The van der Waals surface area contributed by atoms with Gasteiger partial charge in [0.05, 0.1) is 7.11 Å². The van der Waals surface area contributed by atoms with Crippen LogP contribution in [-0.4, -0.2) is 26.8 Å². The van der Waals surface area contributed by atoms with Gasteiger partial charge in [0.25, 0.3) is 0 Å². The van der Waals surface area contributed by atoms with Crippen LogP contribution in [0.1, 0.15) is 0 Å². The van der Waals surface area contributed by atoms with Crippen LogP contribution >= 0.6 is 11.2 Å². The van der Waals surface area contributed by atoms with Crippen molar-refractivity contribution < 1.29 is 4.74 Å². The molecule has 0 saturated carbocycles. The first-order valence-electron chi connectivity index (χ1n) is 4.78. The Morgan fingerprint density at radius 3 is 2.57 bits per heavy atom. The molecule has 1 atom stereocenters. The van der Waals surface area contributed by atoms with E-state index in [9.17, 15) is 0 Å². The Morgan fingerprint density at radius 1 is 1.36 bits per heavy atom. The van der Waals surface area contributed by atoms with Gasteiger partial charge in [-0.2, -0.15) is 11.2 Å². The van der Waals surface area contributed by atoms with Crippen molar-refractivity contribution in [3.05, 3.63) is 24.3 Å². The molecule has 0 radical (unpaired) electrons. The first kappa shape index (κ1) is 10.1. The zero-order valence-electron chi connectivity index (χ0n) is 8.54. The largest absolute Gasteiger partial charge is 0.497 e. The van der Waals surface area contributed by atoms with Gasteiger partial charge < -0.3 is 9.72 Å². The van der Waals surface area contributed by atoms with E-state index in [4.69, 9.17) is 4.74 Å². The number of rotatable bonds is 2. The fraction of sp³-hybridized carbons (Fsp3) is 0.400. The van der Waals surface area contributed by atoms with Crippen LogP contribution in [0.5, 0.6) is 5.75 Å². The molecular formula is C10H15NOSSi. The maximum atomic E-state index is 5.15. The van der Waals surface area contributed by atoms with Crippen LogP contribution in [0.25, 0.3) is 0 Å². The molecular weight excluding hydrogens is 210 g/mol. The molecule has 0 amide bonds. The van der Waals surface area contributed by atoms with Crippen LogP contribution in [0.15, 0.2) is 24.3 Å². The van der Waals surface area contributed by atoms with Crippen molar-refractivity contribution in [3.8, 4) is 5.75 Å². The minimum atomic E-state index is -1.39. The fourth-order valence-corrected chi connectivity index (χ4v) is 7.41. The molecule has 1 aromatic carbocycles. The lowest BCUT2D eigenvalue weighted by atomic mass is 10.3. The molecule has 1 N–H and O–H groups in total. The van der Waals surface area contributed by atoms with Crippen LogP contribution in [0.4, 0.5) is 0 Å². The number of nitrogens with one attached hydrogen (secondary N) is 1. The lowest BCUT2D eigenvalue weighted by Gasteiger charge is -2.20. The number of ether oxygens (including phenoxy) is 1. The third kappa shape index (κ3) is 1.82. The summed E-state index contributed by atoms with van der Waals surface area (Å²) in [4.78, 5) is 3.65. The molecule has 4 heteroatoms. The van der Waals surface area contributed by atoms with Crippen LogP contribution in [0.3, 0.4) is 0 Å². The molecule has 1 unspecified atom stereocenters. The molecule has 0 spiro atoms. The summed E-state index contributed by atoms with van der Waals surface area (Å²) in [5.74, 6) is 2.18. The minimum absolute atomic E-state index is 0.939. The van der Waals surface area contributed by atoms with E-state index in [2.05, 4.69) is 34.9 Å². The predicted molar refractivity (Wildman–Crippen MR) is 64.7 cm³/mol. The van der Waals surface area contributed by atoms with E-state index in [1.165, 1.54) is 10.9 Å². The third-order valence-corrected chi connectivity index (χ3v) is 9.43. The van der Waals surface area contributed by atoms with E-state index in [0.717, 1.165) is 12.3 Å². The van der Waals surface area contributed by atoms with Crippen molar-refractivity contribution in [1.29, 1.82) is 0 Å². The van der Waals surface area contributed by atoms with Crippen molar-refractivity contribution in [2.75, 3.05) is 19.4 Å². The van der Waals surface area contributed by atoms with Crippen molar-refractivity contribution >= 4 is 23.8 Å². The number of benzene rings is 1. The summed E-state index contributed by atoms with van der Waals surface area (Å²) in [6.07, 6.45) is 0. The van der Waals surface area contributed by atoms with Crippen molar-refractivity contribution in [2.45, 2.75) is 6.55 Å². The molecule has 1 aromatic rings. The van der Waals surface area contributed by atoms with Gasteiger partial charge in [-0.1, -0.05) is 12.1 Å². The van der Waals surface area contributed by atoms with Gasteiger partial charge in [0.1, 0.15) is 5.75 Å². The summed E-state index contributed by atoms with van der Waals surface area (Å²) in [6, 6.07) is 8.48. The molecule has 1 fully saturated rings. The second-order valence-electron chi connectivity index (χ2n) is 3.54. The second-order valence-corrected chi connectivity index (χ2v) is 10.5. The highest BCUT2D eigenvalue weighted by Gasteiger charge is 2.34. The Morgan fingerprint density at radius 2 is 2.07 bits per heavy atom. The average molecular weight is 225 g/mol. The molecule has 0 aromatic heterocycles. The summed E-state index contributed by atoms with van der Waals surface area (Å²) < 4.78 is 5.15. The maximum Gasteiger partial charge on any atom is 0.217 e. The molecule has 1 saturated heterocycles. The molecule has 76 valence electrons. The van der Waals surface area contributed by atoms with Gasteiger partial charge in [-0.15, -0.1) is 0 Å². The quantitative estimate of drug-likeness (QED) is 0.767. The molecule has 1 aliphatic rings. The van der Waals surface area contributed by atoms with E-state index in [0.29, 0.717) is 0 Å². The Bertz CT molecular complexity index is 308. The first-order chi connectivity index (χ1) is 6.74. The van der Waals surface area contributed by atoms with E-state index >= 15 is 0 Å². The fourth-order valence-electron chi connectivity index (χ4n) is 1.69. The Kier molecular flexibility index (Phi) is 2.85. The molecule has 2 nitrogen and oxygen atoms in total. The topological polar surface area (TPSA) is 21.3 Å². The van der Waals surface area contributed by atoms with E-state index < -0.39 is 7.38 Å². The predicted octanol–water partition coefficient (Wildman–Crippen LogP) is 1.31. The van der Waals surface area contributed by atoms with Crippen molar-refractivity contribution in [1.82, 2.24) is 4.98 Å². The highest BCUT2D eigenvalue weighted by molar-refractivity contribution is 8.30. The number of methoxy groups -OCH3 is 1. The van der Waals surface area contributed by atoms with E-state index in [1.54, 1.807) is 7.11 Å². The highest BCUT2D eigenvalue weighted by Crippen LogP contribution is 2.22. The summed E-state index contributed by atoms with van der Waals surface area (Å²) in [7, 11) is 0.318. The summed E-state index contributed by atoms with van der Waals surface area (Å²) in [5.41, 5.74) is 0. The monoisotopic (exact) mass is 225 g/mol. The zero-order valence-corrected chi connectivity index (χ0v) is 10.4. The highest BCUT2D eigenvalue weighted by atomic mass is 32.4. The van der Waals surface area contributed by atoms with Crippen molar-refractivity contribution in [3.63, 3.8) is 0 Å².